The molecule has 6 heteroatoms. The number of hydrogen-bond acceptors (Lipinski definition) is 6. The molecule has 0 aromatic carbocycles. The van der Waals surface area contributed by atoms with Crippen LogP contribution in [0.1, 0.15) is 66.2 Å². The second kappa shape index (κ2) is 9.53. The SMILES string of the molecule is CC[C@H](C[C@]1(C)C[C@@H](CC)[C@H](C2(CC)SCCS2)O1)[C@H](O)CC(=O)OC. The zero-order valence-corrected chi connectivity index (χ0v) is 18.6. The summed E-state index contributed by atoms with van der Waals surface area (Å²) in [5.41, 5.74) is -0.227. The molecule has 4 nitrogen and oxygen atoms in total. The Bertz CT molecular complexity index is 467. The molecule has 0 aromatic heterocycles. The average molecular weight is 405 g/mol. The van der Waals surface area contributed by atoms with E-state index in [1.807, 2.05) is 0 Å². The summed E-state index contributed by atoms with van der Waals surface area (Å²) in [7, 11) is 1.37. The predicted octanol–water partition coefficient (Wildman–Crippen LogP) is 4.49. The molecule has 2 rings (SSSR count). The van der Waals surface area contributed by atoms with Crippen LogP contribution in [0.15, 0.2) is 0 Å². The quantitative estimate of drug-likeness (QED) is 0.572. The second-order valence-corrected chi connectivity index (χ2v) is 11.1. The number of thioether (sulfide) groups is 2. The molecule has 152 valence electrons. The van der Waals surface area contributed by atoms with Crippen LogP contribution < -0.4 is 0 Å². The Balaban J connectivity index is 2.09. The summed E-state index contributed by atoms with van der Waals surface area (Å²) in [4.78, 5) is 11.5. The fourth-order valence-corrected chi connectivity index (χ4v) is 8.03. The van der Waals surface area contributed by atoms with Crippen molar-refractivity contribution in [3.05, 3.63) is 0 Å². The lowest BCUT2D eigenvalue weighted by Gasteiger charge is -2.37. The minimum absolute atomic E-state index is 0.0526. The Kier molecular flexibility index (Phi) is 8.20. The molecule has 2 aliphatic rings. The van der Waals surface area contributed by atoms with Crippen molar-refractivity contribution in [2.24, 2.45) is 11.8 Å². The maximum absolute atomic E-state index is 11.5. The van der Waals surface area contributed by atoms with Gasteiger partial charge in [-0.2, -0.15) is 0 Å². The summed E-state index contributed by atoms with van der Waals surface area (Å²) in [5, 5.41) is 10.5. The molecular weight excluding hydrogens is 368 g/mol. The molecule has 0 spiro atoms. The van der Waals surface area contributed by atoms with E-state index in [1.165, 1.54) is 18.6 Å². The van der Waals surface area contributed by atoms with Gasteiger partial charge >= 0.3 is 5.97 Å². The minimum atomic E-state index is -0.664. The first-order valence-corrected chi connectivity index (χ1v) is 12.0. The van der Waals surface area contributed by atoms with Crippen LogP contribution in [0.4, 0.5) is 0 Å². The molecule has 26 heavy (non-hydrogen) atoms. The Morgan fingerprint density at radius 3 is 2.46 bits per heavy atom. The molecule has 0 aliphatic carbocycles. The number of rotatable bonds is 9. The molecule has 0 bridgehead atoms. The highest BCUT2D eigenvalue weighted by atomic mass is 32.2. The fourth-order valence-electron chi connectivity index (χ4n) is 4.62. The number of esters is 1. The number of aliphatic hydroxyl groups excluding tert-OH is 1. The summed E-state index contributed by atoms with van der Waals surface area (Å²) in [6.07, 6.45) is 4.60. The summed E-state index contributed by atoms with van der Waals surface area (Å²) in [5.74, 6) is 2.69. The molecule has 2 aliphatic heterocycles. The highest BCUT2D eigenvalue weighted by Crippen LogP contribution is 2.57. The summed E-state index contributed by atoms with van der Waals surface area (Å²) >= 11 is 4.15. The van der Waals surface area contributed by atoms with Gasteiger partial charge in [-0.25, -0.2) is 0 Å². The van der Waals surface area contributed by atoms with Crippen LogP contribution in [0.25, 0.3) is 0 Å². The molecule has 0 amide bonds. The highest BCUT2D eigenvalue weighted by molar-refractivity contribution is 8.21. The van der Waals surface area contributed by atoms with Gasteiger partial charge < -0.3 is 14.6 Å². The normalized spacial score (nSPS) is 33.2. The van der Waals surface area contributed by atoms with Gasteiger partial charge in [-0.1, -0.05) is 33.6 Å². The molecule has 0 radical (unpaired) electrons. The number of methoxy groups -OCH3 is 1. The van der Waals surface area contributed by atoms with Gasteiger partial charge in [0.05, 0.1) is 35.4 Å². The van der Waals surface area contributed by atoms with E-state index < -0.39 is 6.10 Å². The van der Waals surface area contributed by atoms with Gasteiger partial charge in [0.25, 0.3) is 0 Å². The predicted molar refractivity (Wildman–Crippen MR) is 111 cm³/mol. The second-order valence-electron chi connectivity index (χ2n) is 7.94. The Hall–Kier alpha value is 0.0900. The number of aliphatic hydroxyl groups is 1. The first-order valence-electron chi connectivity index (χ1n) is 10.0. The molecule has 0 unspecified atom stereocenters. The van der Waals surface area contributed by atoms with Crippen LogP contribution >= 0.6 is 23.5 Å². The average Bonchev–Trinajstić information content (AvgIpc) is 3.24. The number of carbonyl (C=O) groups is 1. The van der Waals surface area contributed by atoms with Gasteiger partial charge in [-0.15, -0.1) is 23.5 Å². The number of hydrogen-bond donors (Lipinski definition) is 1. The third-order valence-corrected chi connectivity index (χ3v) is 9.93. The van der Waals surface area contributed by atoms with Gasteiger partial charge in [0, 0.05) is 11.5 Å². The molecule has 1 N–H and O–H groups in total. The monoisotopic (exact) mass is 404 g/mol. The van der Waals surface area contributed by atoms with E-state index in [1.54, 1.807) is 0 Å². The van der Waals surface area contributed by atoms with Crippen LogP contribution in [0.5, 0.6) is 0 Å². The van der Waals surface area contributed by atoms with Crippen molar-refractivity contribution in [3.8, 4) is 0 Å². The molecule has 2 heterocycles. The number of ether oxygens (including phenoxy) is 2. The minimum Gasteiger partial charge on any atom is -0.469 e. The molecular formula is C20H36O4S2. The van der Waals surface area contributed by atoms with Crippen LogP contribution in [-0.2, 0) is 14.3 Å². The van der Waals surface area contributed by atoms with E-state index in [4.69, 9.17) is 9.47 Å². The van der Waals surface area contributed by atoms with E-state index in [-0.39, 0.29) is 34.1 Å². The molecule has 0 saturated carbocycles. The first-order chi connectivity index (χ1) is 12.3. The third-order valence-electron chi connectivity index (χ3n) is 6.13. The van der Waals surface area contributed by atoms with Crippen LogP contribution in [0, 0.1) is 11.8 Å². The fraction of sp³-hybridized carbons (Fsp3) is 0.950. The maximum atomic E-state index is 11.5. The Morgan fingerprint density at radius 1 is 1.31 bits per heavy atom. The van der Waals surface area contributed by atoms with Crippen molar-refractivity contribution in [2.45, 2.75) is 88.1 Å². The zero-order chi connectivity index (χ0) is 19.4. The van der Waals surface area contributed by atoms with Gasteiger partial charge in [0.1, 0.15) is 0 Å². The third kappa shape index (κ3) is 4.92. The topological polar surface area (TPSA) is 55.8 Å². The lowest BCUT2D eigenvalue weighted by atomic mass is 9.81. The first kappa shape index (κ1) is 22.4. The summed E-state index contributed by atoms with van der Waals surface area (Å²) in [6.45, 7) is 8.83. The van der Waals surface area contributed by atoms with Crippen molar-refractivity contribution in [1.82, 2.24) is 0 Å². The lowest BCUT2D eigenvalue weighted by Crippen LogP contribution is -2.40. The van der Waals surface area contributed by atoms with Gasteiger partial charge in [-0.3, -0.25) is 4.79 Å². The lowest BCUT2D eigenvalue weighted by molar-refractivity contribution is -0.144. The van der Waals surface area contributed by atoms with Crippen molar-refractivity contribution >= 4 is 29.5 Å². The molecule has 2 fully saturated rings. The molecule has 5 atom stereocenters. The van der Waals surface area contributed by atoms with Crippen molar-refractivity contribution in [2.75, 3.05) is 18.6 Å². The van der Waals surface area contributed by atoms with E-state index >= 15 is 0 Å². The number of carbonyl (C=O) groups excluding carboxylic acids is 1. The highest BCUT2D eigenvalue weighted by Gasteiger charge is 2.54. The van der Waals surface area contributed by atoms with E-state index in [0.29, 0.717) is 5.92 Å². The van der Waals surface area contributed by atoms with Gasteiger partial charge in [0.15, 0.2) is 0 Å². The van der Waals surface area contributed by atoms with E-state index in [2.05, 4.69) is 51.2 Å². The van der Waals surface area contributed by atoms with E-state index in [9.17, 15) is 9.90 Å². The van der Waals surface area contributed by atoms with Gasteiger partial charge in [-0.05, 0) is 38.0 Å². The van der Waals surface area contributed by atoms with E-state index in [0.717, 1.165) is 32.1 Å². The Labute approximate surface area is 167 Å². The molecule has 2 saturated heterocycles. The van der Waals surface area contributed by atoms with Crippen LogP contribution in [-0.4, -0.2) is 51.6 Å². The summed E-state index contributed by atoms with van der Waals surface area (Å²) < 4.78 is 11.7. The maximum Gasteiger partial charge on any atom is 0.308 e. The van der Waals surface area contributed by atoms with Crippen molar-refractivity contribution in [3.63, 3.8) is 0 Å². The Morgan fingerprint density at radius 2 is 1.96 bits per heavy atom. The zero-order valence-electron chi connectivity index (χ0n) is 17.0. The van der Waals surface area contributed by atoms with Crippen molar-refractivity contribution in [1.29, 1.82) is 0 Å². The van der Waals surface area contributed by atoms with Crippen LogP contribution in [0.2, 0.25) is 0 Å². The standard InChI is InChI=1S/C20H36O4S2/c1-6-14(16(21)11-17(22)23-5)12-19(4)13-15(7-2)18(24-19)20(8-3)25-9-10-26-20/h14-16,18,21H,6-13H2,1-5H3/t14-,15-,16-,18-,19-/m1/s1. The van der Waals surface area contributed by atoms with Crippen molar-refractivity contribution < 1.29 is 19.4 Å². The molecule has 0 aromatic rings. The smallest absolute Gasteiger partial charge is 0.308 e. The van der Waals surface area contributed by atoms with Crippen LogP contribution in [0.3, 0.4) is 0 Å². The summed E-state index contributed by atoms with van der Waals surface area (Å²) in [6, 6.07) is 0. The largest absolute Gasteiger partial charge is 0.469 e. The van der Waals surface area contributed by atoms with Gasteiger partial charge in [0.2, 0.25) is 0 Å².